The highest BCUT2D eigenvalue weighted by atomic mass is 16.5. The van der Waals surface area contributed by atoms with Gasteiger partial charge in [0.25, 0.3) is 0 Å². The fourth-order valence-electron chi connectivity index (χ4n) is 3.72. The number of nitrogens with one attached hydrogen (secondary N) is 2. The Morgan fingerprint density at radius 1 is 0.933 bits per heavy atom. The highest BCUT2D eigenvalue weighted by Gasteiger charge is 2.18. The number of nitrogens with zero attached hydrogens (tertiary/aromatic N) is 1. The van der Waals surface area contributed by atoms with Gasteiger partial charge in [-0.15, -0.1) is 0 Å². The summed E-state index contributed by atoms with van der Waals surface area (Å²) in [5, 5.41) is 5.29. The molecular weight excluding hydrogens is 378 g/mol. The second-order valence-corrected chi connectivity index (χ2v) is 7.76. The van der Waals surface area contributed by atoms with Crippen molar-refractivity contribution in [1.29, 1.82) is 0 Å². The van der Waals surface area contributed by atoms with Gasteiger partial charge in [-0.2, -0.15) is 0 Å². The summed E-state index contributed by atoms with van der Waals surface area (Å²) >= 11 is 0. The molecule has 0 spiro atoms. The van der Waals surface area contributed by atoms with Crippen molar-refractivity contribution in [3.63, 3.8) is 0 Å². The first kappa shape index (κ1) is 21.7. The van der Waals surface area contributed by atoms with Gasteiger partial charge in [0.2, 0.25) is 5.91 Å². The number of carbonyl (C=O) groups excluding carboxylic acids is 2. The second kappa shape index (κ2) is 11.2. The summed E-state index contributed by atoms with van der Waals surface area (Å²) in [6.45, 7) is 0.485. The monoisotopic (exact) mass is 409 g/mol. The lowest BCUT2D eigenvalue weighted by Gasteiger charge is -2.33. The Morgan fingerprint density at radius 2 is 1.63 bits per heavy atom. The summed E-state index contributed by atoms with van der Waals surface area (Å²) in [4.78, 5) is 26.1. The van der Waals surface area contributed by atoms with E-state index in [4.69, 9.17) is 4.74 Å². The molecule has 2 N–H and O–H groups in total. The van der Waals surface area contributed by atoms with Gasteiger partial charge in [0.05, 0.1) is 0 Å². The van der Waals surface area contributed by atoms with E-state index in [0.29, 0.717) is 12.6 Å². The number of hydrogen-bond acceptors (Lipinski definition) is 4. The Labute approximate surface area is 178 Å². The van der Waals surface area contributed by atoms with Crippen molar-refractivity contribution in [1.82, 2.24) is 10.6 Å². The normalized spacial score (nSPS) is 14.0. The van der Waals surface area contributed by atoms with Crippen molar-refractivity contribution in [2.24, 2.45) is 0 Å². The molecular formula is C24H31N3O3. The van der Waals surface area contributed by atoms with Crippen LogP contribution in [0.15, 0.2) is 54.6 Å². The van der Waals surface area contributed by atoms with Gasteiger partial charge in [0, 0.05) is 25.3 Å². The van der Waals surface area contributed by atoms with Gasteiger partial charge in [-0.1, -0.05) is 61.7 Å². The molecule has 2 amide bonds. The lowest BCUT2D eigenvalue weighted by atomic mass is 9.94. The molecule has 2 aromatic carbocycles. The molecule has 1 saturated carbocycles. The average molecular weight is 410 g/mol. The summed E-state index contributed by atoms with van der Waals surface area (Å²) in [5.74, 6) is -0.255. The zero-order valence-electron chi connectivity index (χ0n) is 17.6. The smallest absolute Gasteiger partial charge is 0.407 e. The van der Waals surface area contributed by atoms with Gasteiger partial charge in [-0.05, 0) is 36.1 Å². The lowest BCUT2D eigenvalue weighted by molar-refractivity contribution is -0.120. The van der Waals surface area contributed by atoms with Gasteiger partial charge in [-0.3, -0.25) is 4.79 Å². The number of carbonyl (C=O) groups is 2. The molecule has 6 heteroatoms. The first-order valence-corrected chi connectivity index (χ1v) is 10.6. The summed E-state index contributed by atoms with van der Waals surface area (Å²) in [6.07, 6.45) is 5.89. The first-order chi connectivity index (χ1) is 14.6. The third-order valence-electron chi connectivity index (χ3n) is 5.56. The Bertz CT molecular complexity index is 802. The molecule has 1 fully saturated rings. The van der Waals surface area contributed by atoms with E-state index in [9.17, 15) is 9.59 Å². The summed E-state index contributed by atoms with van der Waals surface area (Å²) in [7, 11) is 2.16. The third kappa shape index (κ3) is 6.79. The molecule has 6 nitrogen and oxygen atoms in total. The van der Waals surface area contributed by atoms with E-state index in [1.165, 1.54) is 37.8 Å². The third-order valence-corrected chi connectivity index (χ3v) is 5.56. The Balaban J connectivity index is 1.35. The maximum Gasteiger partial charge on any atom is 0.407 e. The quantitative estimate of drug-likeness (QED) is 0.691. The van der Waals surface area contributed by atoms with Crippen LogP contribution in [0, 0.1) is 0 Å². The van der Waals surface area contributed by atoms with Crippen LogP contribution >= 0.6 is 0 Å². The van der Waals surface area contributed by atoms with Crippen molar-refractivity contribution in [3.8, 4) is 0 Å². The Morgan fingerprint density at radius 3 is 2.33 bits per heavy atom. The molecule has 1 aliphatic carbocycles. The number of alkyl carbamates (subject to hydrolysis) is 1. The van der Waals surface area contributed by atoms with E-state index in [-0.39, 0.29) is 19.1 Å². The molecule has 0 atom stereocenters. The summed E-state index contributed by atoms with van der Waals surface area (Å²) in [5.41, 5.74) is 3.13. The van der Waals surface area contributed by atoms with Crippen LogP contribution in [-0.4, -0.2) is 31.6 Å². The highest BCUT2D eigenvalue weighted by Crippen LogP contribution is 2.26. The number of anilines is 1. The molecule has 0 aromatic heterocycles. The second-order valence-electron chi connectivity index (χ2n) is 7.76. The van der Waals surface area contributed by atoms with E-state index < -0.39 is 6.09 Å². The van der Waals surface area contributed by atoms with Crippen LogP contribution in [0.25, 0.3) is 0 Å². The standard InChI is InChI=1S/C24H31N3O3/c1-27(21-10-6-3-7-11-21)22-14-12-19(13-15-22)16-25-23(28)17-26-24(29)30-18-20-8-4-2-5-9-20/h2,4-5,8-9,12-15,21H,3,6-7,10-11,16-18H2,1H3,(H,25,28)(H,26,29). The van der Waals surface area contributed by atoms with Crippen LogP contribution in [0.4, 0.5) is 10.5 Å². The Kier molecular flexibility index (Phi) is 8.12. The zero-order valence-corrected chi connectivity index (χ0v) is 17.6. The maximum absolute atomic E-state index is 12.0. The van der Waals surface area contributed by atoms with E-state index in [1.807, 2.05) is 42.5 Å². The van der Waals surface area contributed by atoms with Gasteiger partial charge in [0.1, 0.15) is 13.2 Å². The van der Waals surface area contributed by atoms with Crippen LogP contribution in [-0.2, 0) is 22.7 Å². The maximum atomic E-state index is 12.0. The van der Waals surface area contributed by atoms with Gasteiger partial charge in [-0.25, -0.2) is 4.79 Å². The van der Waals surface area contributed by atoms with E-state index in [2.05, 4.69) is 34.7 Å². The minimum atomic E-state index is -0.607. The predicted octanol–water partition coefficient (Wildman–Crippen LogP) is 4.00. The van der Waals surface area contributed by atoms with Crippen LogP contribution < -0.4 is 15.5 Å². The van der Waals surface area contributed by atoms with Gasteiger partial charge >= 0.3 is 6.09 Å². The molecule has 0 heterocycles. The Hall–Kier alpha value is -3.02. The molecule has 30 heavy (non-hydrogen) atoms. The zero-order chi connectivity index (χ0) is 21.2. The first-order valence-electron chi connectivity index (χ1n) is 10.6. The molecule has 0 bridgehead atoms. The molecule has 3 rings (SSSR count). The fourth-order valence-corrected chi connectivity index (χ4v) is 3.72. The number of ether oxygens (including phenoxy) is 1. The molecule has 1 aliphatic rings. The van der Waals surface area contributed by atoms with Crippen molar-refractivity contribution in [3.05, 3.63) is 65.7 Å². The van der Waals surface area contributed by atoms with Crippen LogP contribution in [0.5, 0.6) is 0 Å². The SMILES string of the molecule is CN(c1ccc(CNC(=O)CNC(=O)OCc2ccccc2)cc1)C1CCCCC1. The molecule has 0 radical (unpaired) electrons. The lowest BCUT2D eigenvalue weighted by Crippen LogP contribution is -2.36. The van der Waals surface area contributed by atoms with Crippen LogP contribution in [0.1, 0.15) is 43.2 Å². The summed E-state index contributed by atoms with van der Waals surface area (Å²) in [6, 6.07) is 18.3. The fraction of sp³-hybridized carbons (Fsp3) is 0.417. The topological polar surface area (TPSA) is 70.7 Å². The van der Waals surface area contributed by atoms with Gasteiger partial charge < -0.3 is 20.3 Å². The van der Waals surface area contributed by atoms with Crippen molar-refractivity contribution in [2.75, 3.05) is 18.5 Å². The number of rotatable bonds is 8. The largest absolute Gasteiger partial charge is 0.445 e. The number of amides is 2. The van der Waals surface area contributed by atoms with Crippen molar-refractivity contribution >= 4 is 17.7 Å². The molecule has 160 valence electrons. The molecule has 0 aliphatic heterocycles. The van der Waals surface area contributed by atoms with E-state index >= 15 is 0 Å². The van der Waals surface area contributed by atoms with Crippen LogP contribution in [0.2, 0.25) is 0 Å². The van der Waals surface area contributed by atoms with Crippen molar-refractivity contribution in [2.45, 2.75) is 51.3 Å². The predicted molar refractivity (Wildman–Crippen MR) is 118 cm³/mol. The number of hydrogen-bond donors (Lipinski definition) is 2. The molecule has 2 aromatic rings. The minimum Gasteiger partial charge on any atom is -0.445 e. The highest BCUT2D eigenvalue weighted by molar-refractivity contribution is 5.82. The van der Waals surface area contributed by atoms with Gasteiger partial charge in [0.15, 0.2) is 0 Å². The average Bonchev–Trinajstić information content (AvgIpc) is 2.81. The molecule has 0 unspecified atom stereocenters. The molecule has 0 saturated heterocycles. The summed E-state index contributed by atoms with van der Waals surface area (Å²) < 4.78 is 5.09. The van der Waals surface area contributed by atoms with E-state index in [1.54, 1.807) is 0 Å². The number of benzene rings is 2. The van der Waals surface area contributed by atoms with E-state index in [0.717, 1.165) is 11.1 Å². The van der Waals surface area contributed by atoms with Crippen LogP contribution in [0.3, 0.4) is 0 Å². The van der Waals surface area contributed by atoms with Crippen molar-refractivity contribution < 1.29 is 14.3 Å². The minimum absolute atomic E-state index is 0.115.